The van der Waals surface area contributed by atoms with Crippen LogP contribution < -0.4 is 16.0 Å². The highest BCUT2D eigenvalue weighted by molar-refractivity contribution is 5.75. The van der Waals surface area contributed by atoms with E-state index in [1.54, 1.807) is 45.1 Å². The molecule has 2 fully saturated rings. The smallest absolute Gasteiger partial charge is 0.231 e. The predicted molar refractivity (Wildman–Crippen MR) is 134 cm³/mol. The first-order valence-corrected chi connectivity index (χ1v) is 12.4. The number of amides is 1. The summed E-state index contributed by atoms with van der Waals surface area (Å²) in [6, 6.07) is 6.55. The lowest BCUT2D eigenvalue weighted by molar-refractivity contribution is -0.127. The van der Waals surface area contributed by atoms with Crippen molar-refractivity contribution in [2.75, 3.05) is 36.4 Å². The fourth-order valence-corrected chi connectivity index (χ4v) is 4.69. The van der Waals surface area contributed by atoms with Crippen molar-refractivity contribution < 1.29 is 23.8 Å². The standard InChI is InChI=1S/C25H30F2N8O3/c26-19-10-18(35-8-1-7-32-35)3-2-16(19)11-34(17-4-5-17)24-22(27)23(30-15-31-24)29-14-25(38)6-9-33(12-20(25)36)13-21(28)37/h1-3,7-8,10,15,17,20,36,38H,4-6,9,11-14H2,(H2,28,37)(H,29,30,31)/t20-,25-/m0/s1. The Balaban J connectivity index is 1.30. The molecule has 1 aliphatic heterocycles. The third kappa shape index (κ3) is 5.59. The maximum absolute atomic E-state index is 15.6. The van der Waals surface area contributed by atoms with E-state index >= 15 is 4.39 Å². The highest BCUT2D eigenvalue weighted by Gasteiger charge is 2.41. The van der Waals surface area contributed by atoms with Crippen LogP contribution in [0.2, 0.25) is 0 Å². The first-order valence-electron chi connectivity index (χ1n) is 12.4. The molecule has 1 aromatic carbocycles. The second-order valence-electron chi connectivity index (χ2n) is 9.87. The first kappa shape index (κ1) is 25.9. The summed E-state index contributed by atoms with van der Waals surface area (Å²) >= 11 is 0. The molecule has 13 heteroatoms. The average molecular weight is 529 g/mol. The number of primary amides is 1. The lowest BCUT2D eigenvalue weighted by Crippen LogP contribution is -2.59. The van der Waals surface area contributed by atoms with Crippen LogP contribution in [0.5, 0.6) is 0 Å². The third-order valence-corrected chi connectivity index (χ3v) is 7.03. The molecule has 1 saturated carbocycles. The molecule has 5 rings (SSSR count). The van der Waals surface area contributed by atoms with Crippen LogP contribution in [0.4, 0.5) is 20.4 Å². The maximum atomic E-state index is 15.6. The lowest BCUT2D eigenvalue weighted by atomic mass is 9.88. The number of piperidine rings is 1. The van der Waals surface area contributed by atoms with Gasteiger partial charge < -0.3 is 26.2 Å². The molecule has 38 heavy (non-hydrogen) atoms. The topological polar surface area (TPSA) is 146 Å². The SMILES string of the molecule is NC(=O)CN1CC[C@](O)(CNc2ncnc(N(Cc3ccc(-n4cccn4)cc3F)C3CC3)c2F)[C@@H](O)C1. The van der Waals surface area contributed by atoms with Crippen LogP contribution in [0.15, 0.2) is 43.0 Å². The number of likely N-dealkylation sites (tertiary alicyclic amines) is 1. The number of nitrogens with zero attached hydrogens (tertiary/aromatic N) is 6. The van der Waals surface area contributed by atoms with E-state index in [2.05, 4.69) is 20.4 Å². The molecule has 1 amide bonds. The lowest BCUT2D eigenvalue weighted by Gasteiger charge is -2.41. The van der Waals surface area contributed by atoms with Crippen LogP contribution in [-0.4, -0.2) is 84.7 Å². The summed E-state index contributed by atoms with van der Waals surface area (Å²) in [5.41, 5.74) is 4.63. The Kier molecular flexibility index (Phi) is 7.23. The monoisotopic (exact) mass is 528 g/mol. The minimum Gasteiger partial charge on any atom is -0.389 e. The second-order valence-corrected chi connectivity index (χ2v) is 9.87. The molecule has 1 saturated heterocycles. The number of hydrogen-bond donors (Lipinski definition) is 4. The van der Waals surface area contributed by atoms with Crippen molar-refractivity contribution in [2.45, 2.75) is 43.6 Å². The number of nitrogens with one attached hydrogen (secondary N) is 1. The molecule has 3 heterocycles. The summed E-state index contributed by atoms with van der Waals surface area (Å²) in [4.78, 5) is 22.7. The van der Waals surface area contributed by atoms with Gasteiger partial charge in [-0.15, -0.1) is 0 Å². The van der Waals surface area contributed by atoms with Crippen LogP contribution in [0, 0.1) is 11.6 Å². The molecule has 3 aromatic rings. The molecule has 0 bridgehead atoms. The van der Waals surface area contributed by atoms with Gasteiger partial charge >= 0.3 is 0 Å². The first-order chi connectivity index (χ1) is 18.2. The van der Waals surface area contributed by atoms with Crippen LogP contribution in [-0.2, 0) is 11.3 Å². The van der Waals surface area contributed by atoms with Gasteiger partial charge in [0.1, 0.15) is 17.7 Å². The number of hydrogen-bond acceptors (Lipinski definition) is 9. The molecule has 1 aliphatic carbocycles. The van der Waals surface area contributed by atoms with E-state index in [4.69, 9.17) is 5.73 Å². The highest BCUT2D eigenvalue weighted by atomic mass is 19.1. The van der Waals surface area contributed by atoms with E-state index < -0.39 is 29.2 Å². The van der Waals surface area contributed by atoms with Crippen molar-refractivity contribution in [2.24, 2.45) is 5.73 Å². The number of benzene rings is 1. The van der Waals surface area contributed by atoms with E-state index in [1.807, 2.05) is 0 Å². The van der Waals surface area contributed by atoms with Gasteiger partial charge in [-0.05, 0) is 37.5 Å². The summed E-state index contributed by atoms with van der Waals surface area (Å²) in [5, 5.41) is 28.4. The van der Waals surface area contributed by atoms with Crippen molar-refractivity contribution in [1.82, 2.24) is 24.6 Å². The van der Waals surface area contributed by atoms with Gasteiger partial charge in [-0.25, -0.2) is 19.0 Å². The molecule has 11 nitrogen and oxygen atoms in total. The van der Waals surface area contributed by atoms with Crippen molar-refractivity contribution >= 4 is 17.5 Å². The summed E-state index contributed by atoms with van der Waals surface area (Å²) < 4.78 is 32.2. The van der Waals surface area contributed by atoms with Crippen molar-refractivity contribution in [3.05, 3.63) is 60.2 Å². The van der Waals surface area contributed by atoms with E-state index in [9.17, 15) is 19.4 Å². The second kappa shape index (κ2) is 10.6. The van der Waals surface area contributed by atoms with Crippen LogP contribution >= 0.6 is 0 Å². The normalized spacial score (nSPS) is 21.8. The Bertz CT molecular complexity index is 1290. The summed E-state index contributed by atoms with van der Waals surface area (Å²) in [6.07, 6.45) is 5.16. The number of carbonyl (C=O) groups is 1. The van der Waals surface area contributed by atoms with Gasteiger partial charge in [0.25, 0.3) is 0 Å². The molecule has 2 atom stereocenters. The number of aliphatic hydroxyl groups is 2. The van der Waals surface area contributed by atoms with Gasteiger partial charge in [-0.1, -0.05) is 6.07 Å². The number of halogens is 2. The summed E-state index contributed by atoms with van der Waals surface area (Å²) in [5.74, 6) is -1.78. The molecule has 2 aliphatic rings. The molecule has 5 N–H and O–H groups in total. The van der Waals surface area contributed by atoms with E-state index in [0.29, 0.717) is 17.8 Å². The van der Waals surface area contributed by atoms with Crippen LogP contribution in [0.1, 0.15) is 24.8 Å². The van der Waals surface area contributed by atoms with E-state index in [0.717, 1.165) is 12.8 Å². The van der Waals surface area contributed by atoms with Gasteiger partial charge in [0.05, 0.1) is 18.3 Å². The van der Waals surface area contributed by atoms with Crippen molar-refractivity contribution in [3.8, 4) is 5.69 Å². The zero-order valence-electron chi connectivity index (χ0n) is 20.7. The molecule has 202 valence electrons. The van der Waals surface area contributed by atoms with Crippen molar-refractivity contribution in [1.29, 1.82) is 0 Å². The molecule has 0 unspecified atom stereocenters. The van der Waals surface area contributed by atoms with Gasteiger partial charge in [-0.3, -0.25) is 9.69 Å². The number of anilines is 2. The van der Waals surface area contributed by atoms with Gasteiger partial charge in [0, 0.05) is 50.2 Å². The number of rotatable bonds is 10. The molecule has 0 spiro atoms. The Hall–Kier alpha value is -3.68. The number of β-amino-alcohol motifs (C(OH)–C–C–N with tert-alkyl or cyclic N) is 1. The number of carbonyl (C=O) groups excluding carboxylic acids is 1. The summed E-state index contributed by atoms with van der Waals surface area (Å²) in [7, 11) is 0. The average Bonchev–Trinajstić information content (AvgIpc) is 3.57. The van der Waals surface area contributed by atoms with Gasteiger partial charge in [0.2, 0.25) is 11.7 Å². The number of nitrogens with two attached hydrogens (primary N) is 1. The molecular weight excluding hydrogens is 498 g/mol. The number of aromatic nitrogens is 4. The fraction of sp³-hybridized carbons (Fsp3) is 0.440. The van der Waals surface area contributed by atoms with E-state index in [1.165, 1.54) is 12.4 Å². The zero-order valence-corrected chi connectivity index (χ0v) is 20.7. The molecule has 0 radical (unpaired) electrons. The molecular formula is C25H30F2N8O3. The van der Waals surface area contributed by atoms with E-state index in [-0.39, 0.29) is 50.3 Å². The quantitative estimate of drug-likeness (QED) is 0.300. The van der Waals surface area contributed by atoms with Gasteiger partial charge in [0.15, 0.2) is 11.6 Å². The summed E-state index contributed by atoms with van der Waals surface area (Å²) in [6.45, 7) is 0.323. The Morgan fingerprint density at radius 3 is 2.76 bits per heavy atom. The molecule has 2 aromatic heterocycles. The van der Waals surface area contributed by atoms with Crippen molar-refractivity contribution in [3.63, 3.8) is 0 Å². The number of aliphatic hydroxyl groups excluding tert-OH is 1. The third-order valence-electron chi connectivity index (χ3n) is 7.03. The Morgan fingerprint density at radius 1 is 1.29 bits per heavy atom. The van der Waals surface area contributed by atoms with Crippen LogP contribution in [0.3, 0.4) is 0 Å². The largest absolute Gasteiger partial charge is 0.389 e. The van der Waals surface area contributed by atoms with Crippen LogP contribution in [0.25, 0.3) is 5.69 Å². The minimum atomic E-state index is -1.55. The minimum absolute atomic E-state index is 0.0121. The Morgan fingerprint density at radius 2 is 2.11 bits per heavy atom. The highest BCUT2D eigenvalue weighted by Crippen LogP contribution is 2.35. The Labute approximate surface area is 217 Å². The zero-order chi connectivity index (χ0) is 26.9. The maximum Gasteiger partial charge on any atom is 0.231 e. The van der Waals surface area contributed by atoms with Gasteiger partial charge in [-0.2, -0.15) is 9.49 Å². The predicted octanol–water partition coefficient (Wildman–Crippen LogP) is 0.804. The fourth-order valence-electron chi connectivity index (χ4n) is 4.69.